The lowest BCUT2D eigenvalue weighted by molar-refractivity contribution is 0.679. The van der Waals surface area contributed by atoms with E-state index in [1.165, 1.54) is 33.2 Å². The Morgan fingerprint density at radius 1 is 1.11 bits per heavy atom. The molecule has 1 aliphatic rings. The number of nitrogens with one attached hydrogen (secondary N) is 1. The summed E-state index contributed by atoms with van der Waals surface area (Å²) in [5.74, 6) is 0.793. The molecule has 3 rings (SSSR count). The molecular weight excluding hydrogens is 345 g/mol. The Hall–Kier alpha value is -1.03. The lowest BCUT2D eigenvalue weighted by Gasteiger charge is -2.20. The molecule has 0 bridgehead atoms. The Morgan fingerprint density at radius 2 is 1.84 bits per heavy atom. The van der Waals surface area contributed by atoms with Crippen LogP contribution >= 0.6 is 22.6 Å². The number of rotatable bonds is 4. The topological polar surface area (TPSA) is 12.0 Å². The van der Waals surface area contributed by atoms with E-state index in [2.05, 4.69) is 83.4 Å². The van der Waals surface area contributed by atoms with Gasteiger partial charge in [-0.25, -0.2) is 0 Å². The van der Waals surface area contributed by atoms with Crippen molar-refractivity contribution in [1.29, 1.82) is 0 Å². The third-order valence-electron chi connectivity index (χ3n) is 3.75. The molecule has 2 aromatic carbocycles. The largest absolute Gasteiger partial charge is 0.378 e. The van der Waals surface area contributed by atoms with Crippen LogP contribution < -0.4 is 5.32 Å². The number of aryl methyl sites for hydroxylation is 1. The summed E-state index contributed by atoms with van der Waals surface area (Å²) in [7, 11) is 0. The molecule has 0 radical (unpaired) electrons. The highest BCUT2D eigenvalue weighted by atomic mass is 127. The van der Waals surface area contributed by atoms with Crippen molar-refractivity contribution in [3.8, 4) is 0 Å². The molecule has 1 aliphatic carbocycles. The van der Waals surface area contributed by atoms with Crippen molar-refractivity contribution in [1.82, 2.24) is 0 Å². The number of halogens is 1. The van der Waals surface area contributed by atoms with Crippen LogP contribution in [0.1, 0.15) is 30.0 Å². The van der Waals surface area contributed by atoms with Gasteiger partial charge < -0.3 is 5.32 Å². The van der Waals surface area contributed by atoms with Crippen LogP contribution in [0.5, 0.6) is 0 Å². The van der Waals surface area contributed by atoms with Gasteiger partial charge in [-0.05, 0) is 71.5 Å². The summed E-state index contributed by atoms with van der Waals surface area (Å²) >= 11 is 2.40. The first-order valence-corrected chi connectivity index (χ1v) is 7.89. The molecule has 0 heterocycles. The van der Waals surface area contributed by atoms with E-state index in [0.717, 1.165) is 5.92 Å². The predicted molar refractivity (Wildman–Crippen MR) is 89.4 cm³/mol. The standard InChI is InChI=1S/C17H18IN/c1-12-7-10-15(11-16(12)18)19-17(14-8-9-14)13-5-3-2-4-6-13/h2-7,10-11,14,17,19H,8-9H2,1H3. The zero-order valence-electron chi connectivity index (χ0n) is 11.1. The summed E-state index contributed by atoms with van der Waals surface area (Å²) in [6.07, 6.45) is 2.69. The lowest BCUT2D eigenvalue weighted by atomic mass is 10.0. The maximum Gasteiger partial charge on any atom is 0.0542 e. The van der Waals surface area contributed by atoms with Gasteiger partial charge in [0.15, 0.2) is 0 Å². The van der Waals surface area contributed by atoms with Gasteiger partial charge in [-0.1, -0.05) is 36.4 Å². The summed E-state index contributed by atoms with van der Waals surface area (Å²) in [5.41, 5.74) is 3.98. The molecule has 19 heavy (non-hydrogen) atoms. The predicted octanol–water partition coefficient (Wildman–Crippen LogP) is 5.16. The normalized spacial score (nSPS) is 16.1. The first-order chi connectivity index (χ1) is 9.24. The molecule has 2 heteroatoms. The highest BCUT2D eigenvalue weighted by molar-refractivity contribution is 14.1. The molecule has 2 aromatic rings. The molecular formula is C17H18IN. The maximum atomic E-state index is 3.72. The molecule has 1 N–H and O–H groups in total. The van der Waals surface area contributed by atoms with Gasteiger partial charge in [0.2, 0.25) is 0 Å². The first kappa shape index (κ1) is 13.0. The van der Waals surface area contributed by atoms with Gasteiger partial charge in [0.1, 0.15) is 0 Å². The van der Waals surface area contributed by atoms with Crippen molar-refractivity contribution in [3.63, 3.8) is 0 Å². The van der Waals surface area contributed by atoms with Crippen LogP contribution in [0.15, 0.2) is 48.5 Å². The van der Waals surface area contributed by atoms with E-state index in [9.17, 15) is 0 Å². The van der Waals surface area contributed by atoms with Gasteiger partial charge in [0.25, 0.3) is 0 Å². The van der Waals surface area contributed by atoms with Crippen molar-refractivity contribution in [2.24, 2.45) is 5.92 Å². The Labute approximate surface area is 128 Å². The molecule has 0 aromatic heterocycles. The summed E-state index contributed by atoms with van der Waals surface area (Å²) < 4.78 is 1.32. The lowest BCUT2D eigenvalue weighted by Crippen LogP contribution is -2.12. The Balaban J connectivity index is 1.84. The Morgan fingerprint density at radius 3 is 2.47 bits per heavy atom. The van der Waals surface area contributed by atoms with Crippen LogP contribution in [0, 0.1) is 16.4 Å². The Bertz CT molecular complexity index is 561. The summed E-state index contributed by atoms with van der Waals surface area (Å²) in [6.45, 7) is 2.15. The monoisotopic (exact) mass is 363 g/mol. The minimum Gasteiger partial charge on any atom is -0.378 e. The fourth-order valence-electron chi connectivity index (χ4n) is 2.43. The van der Waals surface area contributed by atoms with Gasteiger partial charge in [-0.15, -0.1) is 0 Å². The van der Waals surface area contributed by atoms with E-state index in [0.29, 0.717) is 6.04 Å². The van der Waals surface area contributed by atoms with Gasteiger partial charge in [-0.2, -0.15) is 0 Å². The second kappa shape index (κ2) is 5.53. The van der Waals surface area contributed by atoms with E-state index < -0.39 is 0 Å². The van der Waals surface area contributed by atoms with E-state index >= 15 is 0 Å². The minimum absolute atomic E-state index is 0.458. The van der Waals surface area contributed by atoms with Gasteiger partial charge in [0, 0.05) is 9.26 Å². The van der Waals surface area contributed by atoms with Crippen LogP contribution in [0.25, 0.3) is 0 Å². The molecule has 98 valence electrons. The molecule has 0 saturated heterocycles. The number of anilines is 1. The van der Waals surface area contributed by atoms with Crippen molar-refractivity contribution in [2.45, 2.75) is 25.8 Å². The second-order valence-electron chi connectivity index (χ2n) is 5.33. The highest BCUT2D eigenvalue weighted by Gasteiger charge is 2.32. The van der Waals surface area contributed by atoms with Gasteiger partial charge in [0.05, 0.1) is 6.04 Å². The molecule has 1 atom stereocenters. The molecule has 1 nitrogen and oxygen atoms in total. The van der Waals surface area contributed by atoms with Crippen LogP contribution in [-0.2, 0) is 0 Å². The second-order valence-corrected chi connectivity index (χ2v) is 6.50. The van der Waals surface area contributed by atoms with Crippen LogP contribution in [0.2, 0.25) is 0 Å². The summed E-state index contributed by atoms with van der Waals surface area (Å²) in [4.78, 5) is 0. The zero-order valence-corrected chi connectivity index (χ0v) is 13.2. The average Bonchev–Trinajstić information content (AvgIpc) is 3.25. The average molecular weight is 363 g/mol. The molecule has 0 spiro atoms. The molecule has 1 unspecified atom stereocenters. The highest BCUT2D eigenvalue weighted by Crippen LogP contribution is 2.42. The van der Waals surface area contributed by atoms with Gasteiger partial charge in [-0.3, -0.25) is 0 Å². The van der Waals surface area contributed by atoms with Gasteiger partial charge >= 0.3 is 0 Å². The summed E-state index contributed by atoms with van der Waals surface area (Å²) in [5, 5.41) is 3.72. The van der Waals surface area contributed by atoms with Crippen molar-refractivity contribution >= 4 is 28.3 Å². The Kier molecular flexibility index (Phi) is 3.78. The SMILES string of the molecule is Cc1ccc(NC(c2ccccc2)C2CC2)cc1I. The quantitative estimate of drug-likeness (QED) is 0.740. The van der Waals surface area contributed by atoms with E-state index in [1.807, 2.05) is 0 Å². The van der Waals surface area contributed by atoms with Crippen LogP contribution in [-0.4, -0.2) is 0 Å². The van der Waals surface area contributed by atoms with Crippen molar-refractivity contribution in [2.75, 3.05) is 5.32 Å². The fraction of sp³-hybridized carbons (Fsp3) is 0.294. The van der Waals surface area contributed by atoms with Crippen molar-refractivity contribution in [3.05, 3.63) is 63.2 Å². The van der Waals surface area contributed by atoms with Crippen molar-refractivity contribution < 1.29 is 0 Å². The number of hydrogen-bond acceptors (Lipinski definition) is 1. The fourth-order valence-corrected chi connectivity index (χ4v) is 2.94. The maximum absolute atomic E-state index is 3.72. The third kappa shape index (κ3) is 3.11. The summed E-state index contributed by atoms with van der Waals surface area (Å²) in [6, 6.07) is 17.9. The minimum atomic E-state index is 0.458. The van der Waals surface area contributed by atoms with E-state index in [4.69, 9.17) is 0 Å². The molecule has 0 amide bonds. The molecule has 0 aliphatic heterocycles. The van der Waals surface area contributed by atoms with E-state index in [1.54, 1.807) is 0 Å². The third-order valence-corrected chi connectivity index (χ3v) is 4.91. The van der Waals surface area contributed by atoms with Crippen LogP contribution in [0.3, 0.4) is 0 Å². The number of hydrogen-bond donors (Lipinski definition) is 1. The van der Waals surface area contributed by atoms with E-state index in [-0.39, 0.29) is 0 Å². The molecule has 1 saturated carbocycles. The van der Waals surface area contributed by atoms with Crippen LogP contribution in [0.4, 0.5) is 5.69 Å². The molecule has 1 fully saturated rings. The smallest absolute Gasteiger partial charge is 0.0542 e. The first-order valence-electron chi connectivity index (χ1n) is 6.81. The number of benzene rings is 2. The zero-order chi connectivity index (χ0) is 13.2.